The summed E-state index contributed by atoms with van der Waals surface area (Å²) in [5.41, 5.74) is -3.72. The number of ether oxygens (including phenoxy) is 2. The summed E-state index contributed by atoms with van der Waals surface area (Å²) in [6, 6.07) is 1.26. The Hall–Kier alpha value is -1.89. The van der Waals surface area contributed by atoms with Crippen molar-refractivity contribution in [1.29, 1.82) is 0 Å². The number of nitrogens with one attached hydrogen (secondary N) is 1. The zero-order valence-electron chi connectivity index (χ0n) is 16.8. The molecule has 0 aliphatic carbocycles. The molecule has 166 valence electrons. The van der Waals surface area contributed by atoms with E-state index in [2.05, 4.69) is 10.3 Å². The molecule has 0 bridgehead atoms. The number of nitrogens with zero attached hydrogens (tertiary/aromatic N) is 2. The largest absolute Gasteiger partial charge is 0.477 e. The van der Waals surface area contributed by atoms with Gasteiger partial charge in [-0.2, -0.15) is 0 Å². The van der Waals surface area contributed by atoms with Crippen LogP contribution in [0.5, 0.6) is 0 Å². The Morgan fingerprint density at radius 2 is 2.13 bits per heavy atom. The van der Waals surface area contributed by atoms with Crippen LogP contribution < -0.4 is 5.32 Å². The highest BCUT2D eigenvalue weighted by Gasteiger charge is 2.57. The van der Waals surface area contributed by atoms with Gasteiger partial charge >= 0.3 is 12.1 Å². The van der Waals surface area contributed by atoms with Crippen LogP contribution in [-0.2, 0) is 25.0 Å². The molecule has 30 heavy (non-hydrogen) atoms. The van der Waals surface area contributed by atoms with Crippen LogP contribution in [0.1, 0.15) is 48.2 Å². The predicted octanol–water partition coefficient (Wildman–Crippen LogP) is 2.59. The van der Waals surface area contributed by atoms with Gasteiger partial charge in [0.15, 0.2) is 0 Å². The lowest BCUT2D eigenvalue weighted by atomic mass is 9.91. The summed E-state index contributed by atoms with van der Waals surface area (Å²) in [5, 5.41) is 11.8. The summed E-state index contributed by atoms with van der Waals surface area (Å²) in [5.74, 6) is -1.45. The van der Waals surface area contributed by atoms with Crippen molar-refractivity contribution in [3.05, 3.63) is 20.8 Å². The van der Waals surface area contributed by atoms with E-state index in [4.69, 9.17) is 21.1 Å². The molecule has 1 fully saturated rings. The molecule has 0 spiro atoms. The number of thiophene rings is 1. The van der Waals surface area contributed by atoms with Gasteiger partial charge in [-0.05, 0) is 39.7 Å². The van der Waals surface area contributed by atoms with E-state index < -0.39 is 38.7 Å². The van der Waals surface area contributed by atoms with Crippen molar-refractivity contribution < 1.29 is 32.6 Å². The summed E-state index contributed by atoms with van der Waals surface area (Å²) >= 11 is 7.15. The number of hydrogen-bond donors (Lipinski definition) is 2. The van der Waals surface area contributed by atoms with Crippen molar-refractivity contribution in [1.82, 2.24) is 9.62 Å². The molecule has 2 N–H and O–H groups in total. The quantitative estimate of drug-likeness (QED) is 0.665. The molecule has 1 aromatic heterocycles. The number of carboxylic acids is 1. The van der Waals surface area contributed by atoms with Gasteiger partial charge in [0.1, 0.15) is 16.0 Å². The smallest absolute Gasteiger partial charge is 0.414 e. The highest BCUT2D eigenvalue weighted by Crippen LogP contribution is 2.50. The molecular formula is C17H22ClN3O7S2. The number of sulfonamides is 1. The topological polar surface area (TPSA) is 135 Å². The lowest BCUT2D eigenvalue weighted by molar-refractivity contribution is 0.00288. The van der Waals surface area contributed by atoms with Gasteiger partial charge in [0.2, 0.25) is 11.4 Å². The SMILES string of the molecule is CN1C(NC(=O)OC(C)(C)C)=N[C@@]2(c3sc(C(=O)O)cc3Cl)CCCOC2S1(=O)=O. The maximum atomic E-state index is 13.2. The monoisotopic (exact) mass is 479 g/mol. The molecule has 2 atom stereocenters. The first-order valence-corrected chi connectivity index (χ1v) is 11.7. The van der Waals surface area contributed by atoms with Crippen LogP contribution in [0.25, 0.3) is 0 Å². The molecule has 1 unspecified atom stereocenters. The Bertz CT molecular complexity index is 1020. The molecular weight excluding hydrogens is 458 g/mol. The molecule has 0 radical (unpaired) electrons. The highest BCUT2D eigenvalue weighted by molar-refractivity contribution is 7.90. The van der Waals surface area contributed by atoms with Crippen molar-refractivity contribution in [2.45, 2.75) is 50.2 Å². The summed E-state index contributed by atoms with van der Waals surface area (Å²) < 4.78 is 38.1. The number of halogens is 1. The van der Waals surface area contributed by atoms with E-state index in [1.807, 2.05) is 0 Å². The van der Waals surface area contributed by atoms with Gasteiger partial charge in [0.25, 0.3) is 10.0 Å². The van der Waals surface area contributed by atoms with Crippen LogP contribution in [-0.4, -0.2) is 60.5 Å². The first-order chi connectivity index (χ1) is 13.8. The van der Waals surface area contributed by atoms with E-state index >= 15 is 0 Å². The predicted molar refractivity (Wildman–Crippen MR) is 110 cm³/mol. The van der Waals surface area contributed by atoms with Crippen LogP contribution in [0.3, 0.4) is 0 Å². The van der Waals surface area contributed by atoms with Crippen molar-refractivity contribution in [3.63, 3.8) is 0 Å². The van der Waals surface area contributed by atoms with E-state index in [1.165, 1.54) is 13.1 Å². The fourth-order valence-electron chi connectivity index (χ4n) is 3.29. The van der Waals surface area contributed by atoms with Crippen molar-refractivity contribution in [3.8, 4) is 0 Å². The minimum atomic E-state index is -4.12. The van der Waals surface area contributed by atoms with Crippen LogP contribution >= 0.6 is 22.9 Å². The number of guanidine groups is 1. The second kappa shape index (κ2) is 7.66. The number of carbonyl (C=O) groups is 2. The third-order valence-electron chi connectivity index (χ3n) is 4.52. The number of carboxylic acid groups (broad SMARTS) is 1. The molecule has 10 nitrogen and oxygen atoms in total. The fourth-order valence-corrected chi connectivity index (χ4v) is 6.56. The number of fused-ring (bicyclic) bond motifs is 1. The molecule has 13 heteroatoms. The number of aromatic carboxylic acids is 1. The molecule has 0 saturated carbocycles. The molecule has 3 rings (SSSR count). The summed E-state index contributed by atoms with van der Waals surface area (Å²) in [6.45, 7) is 5.20. The molecule has 1 aromatic rings. The maximum Gasteiger partial charge on any atom is 0.414 e. The van der Waals surface area contributed by atoms with Crippen LogP contribution in [0, 0.1) is 0 Å². The standard InChI is InChI=1S/C17H22ClN3O7S2/c1-16(2,3)28-15(24)19-14-20-17(11-9(18)8-10(29-11)12(22)23)6-5-7-27-13(17)30(25,26)21(14)4/h8,13H,5-7H2,1-4H3,(H,22,23)(H,19,20,24)/t13?,17-/m1/s1. The average molecular weight is 480 g/mol. The molecule has 2 aliphatic rings. The van der Waals surface area contributed by atoms with Crippen molar-refractivity contribution >= 4 is 51.0 Å². The third-order valence-corrected chi connectivity index (χ3v) is 8.22. The maximum absolute atomic E-state index is 13.2. The summed E-state index contributed by atoms with van der Waals surface area (Å²) in [6.07, 6.45) is -0.170. The van der Waals surface area contributed by atoms with Gasteiger partial charge in [-0.3, -0.25) is 5.32 Å². The minimum Gasteiger partial charge on any atom is -0.477 e. The number of alkyl carbamates (subject to hydrolysis) is 1. The Morgan fingerprint density at radius 3 is 2.70 bits per heavy atom. The van der Waals surface area contributed by atoms with Gasteiger partial charge < -0.3 is 14.6 Å². The lowest BCUT2D eigenvalue weighted by Crippen LogP contribution is -2.61. The Morgan fingerprint density at radius 1 is 1.47 bits per heavy atom. The van der Waals surface area contributed by atoms with Crippen LogP contribution in [0.15, 0.2) is 11.1 Å². The van der Waals surface area contributed by atoms with E-state index in [0.717, 1.165) is 15.6 Å². The summed E-state index contributed by atoms with van der Waals surface area (Å²) in [4.78, 5) is 28.4. The molecule has 1 amide bonds. The molecule has 0 aromatic carbocycles. The Kier molecular flexibility index (Phi) is 5.82. The number of carbonyl (C=O) groups excluding carboxylic acids is 1. The van der Waals surface area contributed by atoms with E-state index in [1.54, 1.807) is 20.8 Å². The lowest BCUT2D eigenvalue weighted by Gasteiger charge is -2.45. The molecule has 1 saturated heterocycles. The van der Waals surface area contributed by atoms with Crippen LogP contribution in [0.4, 0.5) is 4.79 Å². The second-order valence-electron chi connectivity index (χ2n) is 7.90. The fraction of sp³-hybridized carbons (Fsp3) is 0.588. The Labute approximate surface area is 182 Å². The summed E-state index contributed by atoms with van der Waals surface area (Å²) in [7, 11) is -2.88. The van der Waals surface area contributed by atoms with Gasteiger partial charge in [0, 0.05) is 13.7 Å². The van der Waals surface area contributed by atoms with Crippen molar-refractivity contribution in [2.24, 2.45) is 4.99 Å². The normalized spacial score (nSPS) is 25.8. The average Bonchev–Trinajstić information content (AvgIpc) is 3.01. The zero-order chi connectivity index (χ0) is 22.5. The van der Waals surface area contributed by atoms with Crippen LogP contribution in [0.2, 0.25) is 5.02 Å². The van der Waals surface area contributed by atoms with Gasteiger partial charge in [-0.1, -0.05) is 11.6 Å². The van der Waals surface area contributed by atoms with Gasteiger partial charge in [0.05, 0.1) is 9.90 Å². The number of rotatable bonds is 2. The van der Waals surface area contributed by atoms with E-state index in [-0.39, 0.29) is 33.8 Å². The molecule has 2 aliphatic heterocycles. The third kappa shape index (κ3) is 4.01. The van der Waals surface area contributed by atoms with E-state index in [9.17, 15) is 23.1 Å². The minimum absolute atomic E-state index is 0.0538. The Balaban J connectivity index is 2.15. The van der Waals surface area contributed by atoms with Crippen molar-refractivity contribution in [2.75, 3.05) is 13.7 Å². The first-order valence-electron chi connectivity index (χ1n) is 9.00. The second-order valence-corrected chi connectivity index (χ2v) is 11.4. The number of hydrogen-bond acceptors (Lipinski definition) is 8. The highest BCUT2D eigenvalue weighted by atomic mass is 35.5. The van der Waals surface area contributed by atoms with Gasteiger partial charge in [-0.15, -0.1) is 11.3 Å². The number of amides is 1. The van der Waals surface area contributed by atoms with Gasteiger partial charge in [-0.25, -0.2) is 27.3 Å². The molecule has 3 heterocycles. The van der Waals surface area contributed by atoms with E-state index in [0.29, 0.717) is 6.42 Å². The first kappa shape index (κ1) is 22.8. The number of aliphatic imine (C=N–C) groups is 1. The zero-order valence-corrected chi connectivity index (χ0v) is 19.2.